The number of hydrogen-bond acceptors (Lipinski definition) is 5. The summed E-state index contributed by atoms with van der Waals surface area (Å²) in [6, 6.07) is 7.27. The van der Waals surface area contributed by atoms with Gasteiger partial charge in [-0.3, -0.25) is 9.10 Å². The first-order valence-corrected chi connectivity index (χ1v) is 9.86. The van der Waals surface area contributed by atoms with Crippen LogP contribution in [0.25, 0.3) is 0 Å². The van der Waals surface area contributed by atoms with E-state index >= 15 is 0 Å². The molecular formula is C17H23N3O4S. The number of sulfonamides is 1. The monoisotopic (exact) mass is 365 g/mol. The van der Waals surface area contributed by atoms with E-state index in [0.717, 1.165) is 17.4 Å². The third-order valence-corrected chi connectivity index (χ3v) is 4.96. The Morgan fingerprint density at radius 2 is 2.04 bits per heavy atom. The summed E-state index contributed by atoms with van der Waals surface area (Å²) in [6.07, 6.45) is 1.86. The Bertz CT molecular complexity index is 859. The molecule has 0 aliphatic rings. The van der Waals surface area contributed by atoms with E-state index in [1.807, 2.05) is 32.0 Å². The fraction of sp³-hybridized carbons (Fsp3) is 0.412. The predicted octanol–water partition coefficient (Wildman–Crippen LogP) is 2.65. The number of anilines is 2. The van der Waals surface area contributed by atoms with E-state index in [2.05, 4.69) is 10.5 Å². The maximum absolute atomic E-state index is 12.3. The lowest BCUT2D eigenvalue weighted by Crippen LogP contribution is -2.34. The number of para-hydroxylation sites is 1. The van der Waals surface area contributed by atoms with Gasteiger partial charge in [-0.05, 0) is 31.4 Å². The summed E-state index contributed by atoms with van der Waals surface area (Å²) in [5.41, 5.74) is 2.44. The minimum atomic E-state index is -3.52. The van der Waals surface area contributed by atoms with Gasteiger partial charge in [0.15, 0.2) is 5.82 Å². The van der Waals surface area contributed by atoms with Gasteiger partial charge in [0.05, 0.1) is 11.9 Å². The molecule has 136 valence electrons. The molecule has 7 nitrogen and oxygen atoms in total. The molecule has 0 saturated carbocycles. The van der Waals surface area contributed by atoms with E-state index in [1.165, 1.54) is 4.31 Å². The molecule has 0 saturated heterocycles. The minimum Gasteiger partial charge on any atom is -0.360 e. The molecular weight excluding hydrogens is 342 g/mol. The number of aryl methyl sites for hydroxylation is 3. The van der Waals surface area contributed by atoms with Crippen molar-refractivity contribution in [1.29, 1.82) is 0 Å². The van der Waals surface area contributed by atoms with E-state index in [1.54, 1.807) is 13.0 Å². The fourth-order valence-corrected chi connectivity index (χ4v) is 3.65. The van der Waals surface area contributed by atoms with Crippen LogP contribution in [0, 0.1) is 13.8 Å². The van der Waals surface area contributed by atoms with Crippen LogP contribution in [0.2, 0.25) is 0 Å². The first-order valence-electron chi connectivity index (χ1n) is 8.01. The molecule has 1 N–H and O–H groups in total. The summed E-state index contributed by atoms with van der Waals surface area (Å²) in [5, 5.41) is 6.29. The molecule has 0 spiro atoms. The van der Waals surface area contributed by atoms with Crippen LogP contribution >= 0.6 is 0 Å². The van der Waals surface area contributed by atoms with E-state index in [-0.39, 0.29) is 18.9 Å². The Kier molecular flexibility index (Phi) is 5.84. The molecule has 1 heterocycles. The van der Waals surface area contributed by atoms with E-state index in [9.17, 15) is 13.2 Å². The third-order valence-electron chi connectivity index (χ3n) is 3.79. The van der Waals surface area contributed by atoms with E-state index in [0.29, 0.717) is 23.7 Å². The molecule has 1 aromatic carbocycles. The maximum Gasteiger partial charge on any atom is 0.232 e. The molecule has 0 aliphatic heterocycles. The number of carbonyl (C=O) groups excluding carboxylic acids is 1. The molecule has 0 fully saturated rings. The lowest BCUT2D eigenvalue weighted by molar-refractivity contribution is -0.116. The predicted molar refractivity (Wildman–Crippen MR) is 97.2 cm³/mol. The van der Waals surface area contributed by atoms with Gasteiger partial charge in [0, 0.05) is 19.0 Å². The zero-order valence-electron chi connectivity index (χ0n) is 14.9. The smallest absolute Gasteiger partial charge is 0.232 e. The second-order valence-electron chi connectivity index (χ2n) is 5.89. The normalized spacial score (nSPS) is 11.4. The lowest BCUT2D eigenvalue weighted by atomic mass is 10.1. The van der Waals surface area contributed by atoms with Crippen LogP contribution in [0.1, 0.15) is 30.2 Å². The van der Waals surface area contributed by atoms with Gasteiger partial charge in [0.1, 0.15) is 5.76 Å². The largest absolute Gasteiger partial charge is 0.360 e. The molecule has 0 unspecified atom stereocenters. The van der Waals surface area contributed by atoms with Crippen molar-refractivity contribution in [3.8, 4) is 0 Å². The zero-order valence-corrected chi connectivity index (χ0v) is 15.7. The van der Waals surface area contributed by atoms with Crippen LogP contribution in [0.15, 0.2) is 28.8 Å². The molecule has 2 aromatic rings. The second-order valence-corrected chi connectivity index (χ2v) is 7.80. The molecule has 8 heteroatoms. The Balaban J connectivity index is 2.19. The maximum atomic E-state index is 12.3. The van der Waals surface area contributed by atoms with Gasteiger partial charge in [0.2, 0.25) is 15.9 Å². The number of nitrogens with zero attached hydrogens (tertiary/aromatic N) is 2. The quantitative estimate of drug-likeness (QED) is 0.814. The molecule has 0 bridgehead atoms. The van der Waals surface area contributed by atoms with Crippen LogP contribution in [0.4, 0.5) is 11.5 Å². The zero-order chi connectivity index (χ0) is 18.6. The number of rotatable bonds is 7. The van der Waals surface area contributed by atoms with Crippen molar-refractivity contribution in [2.45, 2.75) is 33.6 Å². The van der Waals surface area contributed by atoms with Gasteiger partial charge in [-0.15, -0.1) is 0 Å². The van der Waals surface area contributed by atoms with Crippen molar-refractivity contribution in [3.05, 3.63) is 41.2 Å². The van der Waals surface area contributed by atoms with Crippen molar-refractivity contribution in [1.82, 2.24) is 5.16 Å². The van der Waals surface area contributed by atoms with Crippen LogP contribution in [0.5, 0.6) is 0 Å². The van der Waals surface area contributed by atoms with Crippen LogP contribution < -0.4 is 9.62 Å². The van der Waals surface area contributed by atoms with Crippen molar-refractivity contribution in [3.63, 3.8) is 0 Å². The van der Waals surface area contributed by atoms with E-state index < -0.39 is 10.0 Å². The summed E-state index contributed by atoms with van der Waals surface area (Å²) in [6.45, 7) is 5.61. The van der Waals surface area contributed by atoms with Crippen molar-refractivity contribution in [2.75, 3.05) is 22.4 Å². The minimum absolute atomic E-state index is 0.0104. The number of benzene rings is 1. The highest BCUT2D eigenvalue weighted by molar-refractivity contribution is 7.92. The number of amides is 1. The molecule has 1 aromatic heterocycles. The van der Waals surface area contributed by atoms with Gasteiger partial charge < -0.3 is 9.84 Å². The topological polar surface area (TPSA) is 92.5 Å². The average Bonchev–Trinajstić information content (AvgIpc) is 2.92. The van der Waals surface area contributed by atoms with Crippen LogP contribution in [0.3, 0.4) is 0 Å². The molecule has 0 aliphatic carbocycles. The molecule has 0 radical (unpaired) electrons. The van der Waals surface area contributed by atoms with Gasteiger partial charge in [-0.25, -0.2) is 8.42 Å². The number of hydrogen-bond donors (Lipinski definition) is 1. The van der Waals surface area contributed by atoms with Crippen molar-refractivity contribution >= 4 is 27.4 Å². The molecule has 25 heavy (non-hydrogen) atoms. The van der Waals surface area contributed by atoms with Gasteiger partial charge in [-0.2, -0.15) is 0 Å². The molecule has 0 atom stereocenters. The van der Waals surface area contributed by atoms with Crippen molar-refractivity contribution < 1.29 is 17.7 Å². The molecule has 1 amide bonds. The summed E-state index contributed by atoms with van der Waals surface area (Å²) in [7, 11) is -3.52. The fourth-order valence-electron chi connectivity index (χ4n) is 2.64. The van der Waals surface area contributed by atoms with Gasteiger partial charge >= 0.3 is 0 Å². The summed E-state index contributed by atoms with van der Waals surface area (Å²) >= 11 is 0. The SMILES string of the molecule is CCc1cccc(C)c1N(CCC(=O)Nc1cc(C)on1)S(C)(=O)=O. The van der Waals surface area contributed by atoms with Crippen LogP contribution in [-0.2, 0) is 21.2 Å². The number of carbonyl (C=O) groups is 1. The van der Waals surface area contributed by atoms with Crippen molar-refractivity contribution in [2.24, 2.45) is 0 Å². The first-order chi connectivity index (χ1) is 11.7. The van der Waals surface area contributed by atoms with Gasteiger partial charge in [-0.1, -0.05) is 30.3 Å². The Morgan fingerprint density at radius 3 is 2.60 bits per heavy atom. The first kappa shape index (κ1) is 19.0. The number of nitrogens with one attached hydrogen (secondary N) is 1. The number of aromatic nitrogens is 1. The summed E-state index contributed by atoms with van der Waals surface area (Å²) in [5.74, 6) is 0.577. The van der Waals surface area contributed by atoms with Crippen LogP contribution in [-0.4, -0.2) is 32.3 Å². The Morgan fingerprint density at radius 1 is 1.32 bits per heavy atom. The highest BCUT2D eigenvalue weighted by Gasteiger charge is 2.22. The van der Waals surface area contributed by atoms with E-state index in [4.69, 9.17) is 4.52 Å². The Labute approximate surface area is 148 Å². The Hall–Kier alpha value is -2.35. The molecule has 2 rings (SSSR count). The average molecular weight is 365 g/mol. The summed E-state index contributed by atoms with van der Waals surface area (Å²) < 4.78 is 30.8. The third kappa shape index (κ3) is 4.82. The highest BCUT2D eigenvalue weighted by Crippen LogP contribution is 2.28. The standard InChI is InChI=1S/C17H23N3O4S/c1-5-14-8-6-7-12(2)17(14)20(25(4,22)23)10-9-16(21)18-15-11-13(3)24-19-15/h6-8,11H,5,9-10H2,1-4H3,(H,18,19,21). The summed E-state index contributed by atoms with van der Waals surface area (Å²) in [4.78, 5) is 12.1. The van der Waals surface area contributed by atoms with Gasteiger partial charge in [0.25, 0.3) is 0 Å². The highest BCUT2D eigenvalue weighted by atomic mass is 32.2. The lowest BCUT2D eigenvalue weighted by Gasteiger charge is -2.26. The second kappa shape index (κ2) is 7.69.